The van der Waals surface area contributed by atoms with Gasteiger partial charge in [0.25, 0.3) is 0 Å². The fourth-order valence-corrected chi connectivity index (χ4v) is 3.29. The van der Waals surface area contributed by atoms with E-state index in [1.807, 2.05) is 6.92 Å². The van der Waals surface area contributed by atoms with Gasteiger partial charge in [0, 0.05) is 13.1 Å². The summed E-state index contributed by atoms with van der Waals surface area (Å²) in [6, 6.07) is 5.97. The molecule has 172 valence electrons. The number of nitrogens with zero attached hydrogens (tertiary/aromatic N) is 2. The molecule has 1 fully saturated rings. The first-order valence-corrected chi connectivity index (χ1v) is 10.4. The summed E-state index contributed by atoms with van der Waals surface area (Å²) in [5, 5.41) is 16.8. The van der Waals surface area contributed by atoms with E-state index in [2.05, 4.69) is 32.2 Å². The number of alkyl halides is 2. The van der Waals surface area contributed by atoms with Crippen LogP contribution in [0, 0.1) is 5.92 Å². The highest BCUT2D eigenvalue weighted by Gasteiger charge is 2.15. The number of aliphatic hydroxyl groups excluding tert-OH is 1. The third-order valence-corrected chi connectivity index (χ3v) is 5.08. The average Bonchev–Trinajstić information content (AvgIpc) is 2.70. The third kappa shape index (κ3) is 10.2. The van der Waals surface area contributed by atoms with Crippen LogP contribution in [-0.2, 0) is 0 Å². The minimum atomic E-state index is -2.86. The molecule has 9 heteroatoms. The van der Waals surface area contributed by atoms with Gasteiger partial charge in [-0.25, -0.2) is 0 Å². The molecule has 3 N–H and O–H groups in total. The summed E-state index contributed by atoms with van der Waals surface area (Å²) in [6.07, 6.45) is 2.78. The Kier molecular flexibility index (Phi) is 13.2. The monoisotopic (exact) mass is 540 g/mol. The Morgan fingerprint density at radius 3 is 2.50 bits per heavy atom. The van der Waals surface area contributed by atoms with Gasteiger partial charge in [0.1, 0.15) is 5.75 Å². The Morgan fingerprint density at radius 1 is 1.23 bits per heavy atom. The lowest BCUT2D eigenvalue weighted by molar-refractivity contribution is -0.0498. The number of guanidine groups is 1. The van der Waals surface area contributed by atoms with E-state index in [1.54, 1.807) is 12.1 Å². The molecule has 6 nitrogen and oxygen atoms in total. The number of likely N-dealkylation sites (tertiary alicyclic amines) is 1. The van der Waals surface area contributed by atoms with Crippen molar-refractivity contribution in [2.75, 3.05) is 39.3 Å². The first-order valence-electron chi connectivity index (χ1n) is 10.4. The molecule has 0 bridgehead atoms. The number of hydrogen-bond donors (Lipinski definition) is 3. The Balaban J connectivity index is 0.00000450. The molecule has 1 saturated heterocycles. The Bertz CT molecular complexity index is 612. The Morgan fingerprint density at radius 2 is 1.90 bits per heavy atom. The number of rotatable bonds is 10. The van der Waals surface area contributed by atoms with E-state index in [9.17, 15) is 13.9 Å². The first kappa shape index (κ1) is 26.8. The second-order valence-corrected chi connectivity index (χ2v) is 7.49. The van der Waals surface area contributed by atoms with Gasteiger partial charge < -0.3 is 25.4 Å². The second kappa shape index (κ2) is 14.7. The molecule has 1 unspecified atom stereocenters. The molecule has 1 aliphatic heterocycles. The first-order chi connectivity index (χ1) is 14.0. The molecular formula is C21H35F2IN4O2. The van der Waals surface area contributed by atoms with Crippen molar-refractivity contribution in [3.8, 4) is 5.75 Å². The standard InChI is InChI=1S/C21H34F2N4O2.HI/c1-3-24-21(25-11-4-12-27-13-9-16(2)10-14-27)26-15-19(28)17-5-7-18(8-6-17)29-20(22)23;/h5-8,16,19-20,28H,3-4,9-15H2,1-2H3,(H2,24,25,26);1H. The zero-order valence-electron chi connectivity index (χ0n) is 17.8. The summed E-state index contributed by atoms with van der Waals surface area (Å²) in [7, 11) is 0. The van der Waals surface area contributed by atoms with Crippen LogP contribution in [0.15, 0.2) is 29.3 Å². The molecule has 0 radical (unpaired) electrons. The van der Waals surface area contributed by atoms with Crippen molar-refractivity contribution in [3.05, 3.63) is 29.8 Å². The number of halogens is 3. The molecule has 0 aromatic heterocycles. The van der Waals surface area contributed by atoms with Crippen LogP contribution >= 0.6 is 24.0 Å². The highest BCUT2D eigenvalue weighted by Crippen LogP contribution is 2.19. The number of benzene rings is 1. The highest BCUT2D eigenvalue weighted by molar-refractivity contribution is 14.0. The van der Waals surface area contributed by atoms with Gasteiger partial charge in [0.2, 0.25) is 0 Å². The summed E-state index contributed by atoms with van der Waals surface area (Å²) in [6.45, 7) is 6.61. The molecule has 1 atom stereocenters. The van der Waals surface area contributed by atoms with Crippen molar-refractivity contribution in [1.29, 1.82) is 0 Å². The van der Waals surface area contributed by atoms with Crippen LogP contribution in [0.4, 0.5) is 8.78 Å². The normalized spacial score (nSPS) is 16.8. The highest BCUT2D eigenvalue weighted by atomic mass is 127. The zero-order valence-corrected chi connectivity index (χ0v) is 20.1. The van der Waals surface area contributed by atoms with Gasteiger partial charge in [0.05, 0.1) is 12.6 Å². The second-order valence-electron chi connectivity index (χ2n) is 7.49. The molecule has 0 aliphatic carbocycles. The quantitative estimate of drug-likeness (QED) is 0.183. The minimum absolute atomic E-state index is 0. The maximum Gasteiger partial charge on any atom is 0.387 e. The lowest BCUT2D eigenvalue weighted by Crippen LogP contribution is -2.40. The van der Waals surface area contributed by atoms with Crippen LogP contribution in [0.5, 0.6) is 5.75 Å². The van der Waals surface area contributed by atoms with Crippen molar-refractivity contribution in [1.82, 2.24) is 15.5 Å². The fourth-order valence-electron chi connectivity index (χ4n) is 3.29. The molecule has 1 heterocycles. The van der Waals surface area contributed by atoms with Gasteiger partial charge in [-0.3, -0.25) is 4.99 Å². The molecule has 1 aromatic rings. The van der Waals surface area contributed by atoms with Crippen LogP contribution in [0.25, 0.3) is 0 Å². The van der Waals surface area contributed by atoms with E-state index in [4.69, 9.17) is 0 Å². The van der Waals surface area contributed by atoms with Gasteiger partial charge in [-0.2, -0.15) is 8.78 Å². The average molecular weight is 540 g/mol. The van der Waals surface area contributed by atoms with Gasteiger partial charge in [-0.05, 0) is 69.4 Å². The predicted octanol–water partition coefficient (Wildman–Crippen LogP) is 3.62. The maximum absolute atomic E-state index is 12.2. The van der Waals surface area contributed by atoms with E-state index < -0.39 is 12.7 Å². The maximum atomic E-state index is 12.2. The van der Waals surface area contributed by atoms with Gasteiger partial charge in [0.15, 0.2) is 5.96 Å². The van der Waals surface area contributed by atoms with E-state index in [0.717, 1.165) is 32.0 Å². The van der Waals surface area contributed by atoms with E-state index in [-0.39, 0.29) is 36.3 Å². The smallest absolute Gasteiger partial charge is 0.387 e. The molecular weight excluding hydrogens is 505 g/mol. The fraction of sp³-hybridized carbons (Fsp3) is 0.667. The largest absolute Gasteiger partial charge is 0.435 e. The SMILES string of the molecule is CCNC(=NCC(O)c1ccc(OC(F)F)cc1)NCCCN1CCC(C)CC1.I. The van der Waals surface area contributed by atoms with Crippen LogP contribution in [0.2, 0.25) is 0 Å². The van der Waals surface area contributed by atoms with Crippen molar-refractivity contribution < 1.29 is 18.6 Å². The number of nitrogens with one attached hydrogen (secondary N) is 2. The van der Waals surface area contributed by atoms with Gasteiger partial charge in [-0.15, -0.1) is 24.0 Å². The third-order valence-electron chi connectivity index (χ3n) is 5.08. The summed E-state index contributed by atoms with van der Waals surface area (Å²) >= 11 is 0. The summed E-state index contributed by atoms with van der Waals surface area (Å²) in [4.78, 5) is 6.95. The summed E-state index contributed by atoms with van der Waals surface area (Å²) in [5.41, 5.74) is 0.602. The molecule has 2 rings (SSSR count). The van der Waals surface area contributed by atoms with Crippen molar-refractivity contribution >= 4 is 29.9 Å². The number of ether oxygens (including phenoxy) is 1. The van der Waals surface area contributed by atoms with Gasteiger partial charge in [-0.1, -0.05) is 19.1 Å². The molecule has 30 heavy (non-hydrogen) atoms. The predicted molar refractivity (Wildman–Crippen MR) is 127 cm³/mol. The Hall–Kier alpha value is -1.20. The summed E-state index contributed by atoms with van der Waals surface area (Å²) < 4.78 is 28.7. The number of aliphatic imine (C=N–C) groups is 1. The van der Waals surface area contributed by atoms with Crippen molar-refractivity contribution in [2.24, 2.45) is 10.9 Å². The lowest BCUT2D eigenvalue weighted by atomic mass is 9.99. The van der Waals surface area contributed by atoms with Gasteiger partial charge >= 0.3 is 6.61 Å². The lowest BCUT2D eigenvalue weighted by Gasteiger charge is -2.30. The number of hydrogen-bond acceptors (Lipinski definition) is 4. The Labute approximate surface area is 195 Å². The summed E-state index contributed by atoms with van der Waals surface area (Å²) in [5.74, 6) is 1.57. The molecule has 0 amide bonds. The number of aliphatic hydroxyl groups is 1. The van der Waals surface area contributed by atoms with Crippen LogP contribution in [0.3, 0.4) is 0 Å². The molecule has 1 aliphatic rings. The molecule has 1 aromatic carbocycles. The molecule has 0 saturated carbocycles. The van der Waals surface area contributed by atoms with E-state index >= 15 is 0 Å². The van der Waals surface area contributed by atoms with Crippen LogP contribution < -0.4 is 15.4 Å². The number of piperidine rings is 1. The molecule has 0 spiro atoms. The van der Waals surface area contributed by atoms with Crippen molar-refractivity contribution in [3.63, 3.8) is 0 Å². The zero-order chi connectivity index (χ0) is 21.1. The van der Waals surface area contributed by atoms with E-state index in [0.29, 0.717) is 11.5 Å². The topological polar surface area (TPSA) is 69.1 Å². The van der Waals surface area contributed by atoms with Crippen LogP contribution in [-0.4, -0.2) is 61.8 Å². The minimum Gasteiger partial charge on any atom is -0.435 e. The van der Waals surface area contributed by atoms with Crippen LogP contribution in [0.1, 0.15) is 44.8 Å². The van der Waals surface area contributed by atoms with Crippen molar-refractivity contribution in [2.45, 2.75) is 45.8 Å². The van der Waals surface area contributed by atoms with E-state index in [1.165, 1.54) is 38.1 Å².